The van der Waals surface area contributed by atoms with Gasteiger partial charge < -0.3 is 14.8 Å². The number of aromatic nitrogens is 3. The Hall–Kier alpha value is -3.45. The fourth-order valence-corrected chi connectivity index (χ4v) is 6.18. The first-order valence-corrected chi connectivity index (χ1v) is 15.0. The Kier molecular flexibility index (Phi) is 7.49. The predicted octanol–water partition coefficient (Wildman–Crippen LogP) is 5.68. The lowest BCUT2D eigenvalue weighted by Crippen LogP contribution is -2.14. The van der Waals surface area contributed by atoms with Gasteiger partial charge in [-0.3, -0.25) is 0 Å². The van der Waals surface area contributed by atoms with Crippen LogP contribution in [0.2, 0.25) is 0 Å². The second-order valence-electron chi connectivity index (χ2n) is 10.1. The quantitative estimate of drug-likeness (QED) is 0.158. The van der Waals surface area contributed by atoms with Gasteiger partial charge in [0.05, 0.1) is 22.7 Å². The molecule has 6 rings (SSSR count). The first-order valence-electron chi connectivity index (χ1n) is 12.9. The number of nitrogens with zero attached hydrogens (tertiary/aromatic N) is 3. The summed E-state index contributed by atoms with van der Waals surface area (Å²) in [6, 6.07) is 16.9. The fourth-order valence-electron chi connectivity index (χ4n) is 4.93. The Bertz CT molecular complexity index is 1730. The Balaban J connectivity index is 1.53. The number of hydrogen-bond donors (Lipinski definition) is 3. The van der Waals surface area contributed by atoms with E-state index in [9.17, 15) is 19.2 Å². The largest absolute Gasteiger partial charge is 0.593 e. The molecular formula is C30H26F2N4O3S2. The topological polar surface area (TPSA) is 120 Å². The highest BCUT2D eigenvalue weighted by Gasteiger charge is 2.34. The van der Waals surface area contributed by atoms with Gasteiger partial charge in [-0.15, -0.1) is 16.5 Å². The molecule has 1 saturated carbocycles. The smallest absolute Gasteiger partial charge is 0.210 e. The van der Waals surface area contributed by atoms with E-state index in [2.05, 4.69) is 4.98 Å². The van der Waals surface area contributed by atoms with Crippen molar-refractivity contribution in [2.45, 2.75) is 43.3 Å². The lowest BCUT2D eigenvalue weighted by molar-refractivity contribution is -0.0454. The number of hydrogen-bond acceptors (Lipinski definition) is 7. The molecule has 1 atom stereocenters. The molecule has 1 unspecified atom stereocenters. The molecule has 7 nitrogen and oxygen atoms in total. The molecule has 210 valence electrons. The van der Waals surface area contributed by atoms with Gasteiger partial charge in [-0.25, -0.2) is 18.4 Å². The maximum atomic E-state index is 15.1. The van der Waals surface area contributed by atoms with E-state index >= 15 is 4.39 Å². The van der Waals surface area contributed by atoms with Gasteiger partial charge in [0.15, 0.2) is 12.1 Å². The van der Waals surface area contributed by atoms with Crippen molar-refractivity contribution < 1.29 is 23.5 Å². The molecule has 0 aliphatic heterocycles. The molecule has 1 aliphatic carbocycles. The second-order valence-corrected chi connectivity index (χ2v) is 12.0. The number of thiazole rings is 1. The highest BCUT2D eigenvalue weighted by Crippen LogP contribution is 2.46. The van der Waals surface area contributed by atoms with Crippen LogP contribution < -0.4 is 5.14 Å². The lowest BCUT2D eigenvalue weighted by atomic mass is 9.95. The Labute approximate surface area is 242 Å². The minimum absolute atomic E-state index is 0.0776. The predicted molar refractivity (Wildman–Crippen MR) is 154 cm³/mol. The molecule has 4 N–H and O–H groups in total. The molecule has 3 aromatic carbocycles. The number of nitrogens with two attached hydrogens (primary N) is 1. The standard InChI is InChI=1S/C30H26F2N4O3S2/c1-16-2-5-18(6-3-16)21-14-20(9-10-23(21)31)27-22(12-17-4-11-26(41(33)39)24(32)13-17)28(19-7-8-19)36(35-27)30-34-25(15-40-30)29(37)38/h2-6,9-11,13-15,19,29,37-38H,7-8,12,33H2,1H3. The van der Waals surface area contributed by atoms with Gasteiger partial charge in [-0.1, -0.05) is 35.9 Å². The van der Waals surface area contributed by atoms with Crippen LogP contribution in [0, 0.1) is 18.6 Å². The summed E-state index contributed by atoms with van der Waals surface area (Å²) in [6.07, 6.45) is 0.434. The van der Waals surface area contributed by atoms with E-state index in [0.717, 1.165) is 35.2 Å². The SMILES string of the molecule is Cc1ccc(-c2cc(-c3nn(-c4nc(C(O)O)cs4)c(C4CC4)c3Cc3ccc([S+](N)[O-])c(F)c3)ccc2F)cc1. The third-order valence-electron chi connectivity index (χ3n) is 7.14. The summed E-state index contributed by atoms with van der Waals surface area (Å²) < 4.78 is 43.3. The maximum absolute atomic E-state index is 15.1. The molecule has 0 spiro atoms. The van der Waals surface area contributed by atoms with Crippen LogP contribution in [0.5, 0.6) is 0 Å². The van der Waals surface area contributed by atoms with E-state index in [4.69, 9.17) is 10.2 Å². The maximum Gasteiger partial charge on any atom is 0.210 e. The first-order chi connectivity index (χ1) is 19.7. The molecule has 1 fully saturated rings. The molecule has 0 bridgehead atoms. The number of aliphatic hydroxyl groups is 2. The van der Waals surface area contributed by atoms with Crippen LogP contribution in [0.15, 0.2) is 70.9 Å². The zero-order chi connectivity index (χ0) is 28.8. The average molecular weight is 593 g/mol. The van der Waals surface area contributed by atoms with Crippen molar-refractivity contribution in [3.05, 3.63) is 106 Å². The van der Waals surface area contributed by atoms with Crippen LogP contribution >= 0.6 is 11.3 Å². The van der Waals surface area contributed by atoms with Crippen molar-refractivity contribution in [2.75, 3.05) is 0 Å². The van der Waals surface area contributed by atoms with Crippen LogP contribution in [0.25, 0.3) is 27.5 Å². The zero-order valence-electron chi connectivity index (χ0n) is 21.9. The monoisotopic (exact) mass is 592 g/mol. The normalized spacial score (nSPS) is 14.1. The van der Waals surface area contributed by atoms with Gasteiger partial charge in [-0.05, 0) is 61.2 Å². The minimum Gasteiger partial charge on any atom is -0.593 e. The van der Waals surface area contributed by atoms with E-state index in [1.807, 2.05) is 31.2 Å². The summed E-state index contributed by atoms with van der Waals surface area (Å²) >= 11 is -0.726. The third-order valence-corrected chi connectivity index (χ3v) is 8.74. The lowest BCUT2D eigenvalue weighted by Gasteiger charge is -2.11. The third kappa shape index (κ3) is 5.56. The van der Waals surface area contributed by atoms with Crippen LogP contribution in [0.4, 0.5) is 8.78 Å². The van der Waals surface area contributed by atoms with Gasteiger partial charge in [-0.2, -0.15) is 5.10 Å². The molecule has 0 radical (unpaired) electrons. The van der Waals surface area contributed by atoms with Gasteiger partial charge in [0.2, 0.25) is 10.0 Å². The molecule has 41 heavy (non-hydrogen) atoms. The minimum atomic E-state index is -1.95. The van der Waals surface area contributed by atoms with Crippen LogP contribution in [0.3, 0.4) is 0 Å². The average Bonchev–Trinajstić information content (AvgIpc) is 3.52. The van der Waals surface area contributed by atoms with E-state index in [1.54, 1.807) is 28.3 Å². The first kappa shape index (κ1) is 27.7. The Morgan fingerprint density at radius 3 is 2.41 bits per heavy atom. The summed E-state index contributed by atoms with van der Waals surface area (Å²) in [4.78, 5) is 4.31. The van der Waals surface area contributed by atoms with Gasteiger partial charge in [0, 0.05) is 34.4 Å². The van der Waals surface area contributed by atoms with Crippen molar-refractivity contribution in [1.82, 2.24) is 14.8 Å². The van der Waals surface area contributed by atoms with E-state index < -0.39 is 23.5 Å². The fraction of sp³-hybridized carbons (Fsp3) is 0.200. The number of aliphatic hydroxyl groups excluding tert-OH is 1. The number of aryl methyl sites for hydroxylation is 1. The zero-order valence-corrected chi connectivity index (χ0v) is 23.6. The summed E-state index contributed by atoms with van der Waals surface area (Å²) in [5, 5.41) is 31.7. The summed E-state index contributed by atoms with van der Waals surface area (Å²) in [7, 11) is 0. The highest BCUT2D eigenvalue weighted by atomic mass is 32.2. The van der Waals surface area contributed by atoms with Crippen molar-refractivity contribution in [3.8, 4) is 27.5 Å². The van der Waals surface area contributed by atoms with Crippen molar-refractivity contribution in [3.63, 3.8) is 0 Å². The van der Waals surface area contributed by atoms with Crippen LogP contribution in [-0.4, -0.2) is 29.5 Å². The summed E-state index contributed by atoms with van der Waals surface area (Å²) in [5.41, 5.74) is 5.95. The summed E-state index contributed by atoms with van der Waals surface area (Å²) in [5.74, 6) is -0.847. The molecule has 5 aromatic rings. The molecule has 1 aliphatic rings. The number of benzene rings is 3. The Morgan fingerprint density at radius 2 is 1.78 bits per heavy atom. The molecule has 11 heteroatoms. The van der Waals surface area contributed by atoms with Crippen molar-refractivity contribution in [1.29, 1.82) is 0 Å². The van der Waals surface area contributed by atoms with E-state index in [1.165, 1.54) is 29.5 Å². The van der Waals surface area contributed by atoms with Gasteiger partial charge >= 0.3 is 0 Å². The molecular weight excluding hydrogens is 566 g/mol. The van der Waals surface area contributed by atoms with Crippen LogP contribution in [-0.2, 0) is 17.8 Å². The van der Waals surface area contributed by atoms with E-state index in [-0.39, 0.29) is 22.3 Å². The molecule has 2 heterocycles. The second kappa shape index (κ2) is 11.1. The number of halogens is 2. The van der Waals surface area contributed by atoms with E-state index in [0.29, 0.717) is 33.9 Å². The summed E-state index contributed by atoms with van der Waals surface area (Å²) in [6.45, 7) is 1.97. The van der Waals surface area contributed by atoms with Gasteiger partial charge in [0.1, 0.15) is 11.5 Å². The van der Waals surface area contributed by atoms with Crippen molar-refractivity contribution >= 4 is 22.7 Å². The highest BCUT2D eigenvalue weighted by molar-refractivity contribution is 7.89. The van der Waals surface area contributed by atoms with Crippen molar-refractivity contribution in [2.24, 2.45) is 5.14 Å². The molecule has 2 aromatic heterocycles. The number of rotatable bonds is 8. The molecule has 0 amide bonds. The van der Waals surface area contributed by atoms with Gasteiger partial charge in [0.25, 0.3) is 0 Å². The molecule has 0 saturated heterocycles. The Morgan fingerprint density at radius 1 is 1.05 bits per heavy atom. The van der Waals surface area contributed by atoms with Crippen LogP contribution in [0.1, 0.15) is 53.1 Å².